The van der Waals surface area contributed by atoms with Crippen molar-refractivity contribution in [3.05, 3.63) is 23.7 Å². The maximum absolute atomic E-state index is 5.82. The summed E-state index contributed by atoms with van der Waals surface area (Å²) in [7, 11) is 0. The molecular weight excluding hydrogens is 206 g/mol. The van der Waals surface area contributed by atoms with Crippen molar-refractivity contribution >= 4 is 0 Å². The highest BCUT2D eigenvalue weighted by molar-refractivity contribution is 5.49. The van der Waals surface area contributed by atoms with E-state index in [1.165, 1.54) is 0 Å². The molecule has 0 amide bonds. The second kappa shape index (κ2) is 4.49. The molecule has 0 aliphatic rings. The molecule has 0 bridgehead atoms. The van der Waals surface area contributed by atoms with Gasteiger partial charge < -0.3 is 14.7 Å². The average Bonchev–Trinajstić information content (AvgIpc) is 2.86. The first-order chi connectivity index (χ1) is 7.70. The van der Waals surface area contributed by atoms with Gasteiger partial charge in [0.15, 0.2) is 11.6 Å². The molecule has 5 nitrogen and oxygen atoms in total. The minimum Gasteiger partial charge on any atom is -0.459 e. The van der Waals surface area contributed by atoms with Crippen LogP contribution in [0.2, 0.25) is 0 Å². The number of hydrogen-bond donors (Lipinski definition) is 1. The van der Waals surface area contributed by atoms with Crippen molar-refractivity contribution in [1.82, 2.24) is 10.1 Å². The molecule has 0 spiro atoms. The van der Waals surface area contributed by atoms with E-state index in [0.29, 0.717) is 23.9 Å². The molecule has 2 rings (SSSR count). The van der Waals surface area contributed by atoms with E-state index in [-0.39, 0.29) is 6.04 Å². The summed E-state index contributed by atoms with van der Waals surface area (Å²) >= 11 is 0. The molecule has 16 heavy (non-hydrogen) atoms. The molecule has 1 atom stereocenters. The van der Waals surface area contributed by atoms with Gasteiger partial charge in [0.25, 0.3) is 5.89 Å². The lowest BCUT2D eigenvalue weighted by atomic mass is 10.2. The minimum absolute atomic E-state index is 0.0724. The van der Waals surface area contributed by atoms with Crippen LogP contribution in [-0.2, 0) is 6.42 Å². The van der Waals surface area contributed by atoms with E-state index >= 15 is 0 Å². The number of nitrogens with zero attached hydrogens (tertiary/aromatic N) is 2. The Kier molecular flexibility index (Phi) is 3.05. The number of aryl methyl sites for hydroxylation is 1. The SMILES string of the molecule is CCC(N)Cc1noc(-c2occc2C)n1. The van der Waals surface area contributed by atoms with E-state index in [1.807, 2.05) is 19.9 Å². The molecule has 2 aromatic rings. The Labute approximate surface area is 93.6 Å². The largest absolute Gasteiger partial charge is 0.459 e. The summed E-state index contributed by atoms with van der Waals surface area (Å²) in [6.45, 7) is 3.96. The summed E-state index contributed by atoms with van der Waals surface area (Å²) in [6, 6.07) is 1.93. The summed E-state index contributed by atoms with van der Waals surface area (Å²) in [5.74, 6) is 1.67. The third-order valence-corrected chi connectivity index (χ3v) is 2.49. The van der Waals surface area contributed by atoms with Gasteiger partial charge in [0.1, 0.15) is 0 Å². The fraction of sp³-hybridized carbons (Fsp3) is 0.455. The lowest BCUT2D eigenvalue weighted by Gasteiger charge is -2.02. The van der Waals surface area contributed by atoms with Gasteiger partial charge in [-0.1, -0.05) is 12.1 Å². The molecule has 2 aromatic heterocycles. The highest BCUT2D eigenvalue weighted by Crippen LogP contribution is 2.22. The van der Waals surface area contributed by atoms with Crippen LogP contribution >= 0.6 is 0 Å². The monoisotopic (exact) mass is 221 g/mol. The third kappa shape index (κ3) is 2.14. The van der Waals surface area contributed by atoms with Crippen LogP contribution in [0.1, 0.15) is 24.7 Å². The predicted molar refractivity (Wildman–Crippen MR) is 58.7 cm³/mol. The molecule has 86 valence electrons. The van der Waals surface area contributed by atoms with Gasteiger partial charge in [-0.15, -0.1) is 0 Å². The van der Waals surface area contributed by atoms with Crippen molar-refractivity contribution in [3.63, 3.8) is 0 Å². The zero-order valence-electron chi connectivity index (χ0n) is 9.43. The van der Waals surface area contributed by atoms with E-state index in [9.17, 15) is 0 Å². The Hall–Kier alpha value is -1.62. The maximum atomic E-state index is 5.82. The zero-order chi connectivity index (χ0) is 11.5. The van der Waals surface area contributed by atoms with Crippen LogP contribution < -0.4 is 5.73 Å². The van der Waals surface area contributed by atoms with Gasteiger partial charge >= 0.3 is 0 Å². The normalized spacial score (nSPS) is 12.9. The van der Waals surface area contributed by atoms with E-state index < -0.39 is 0 Å². The Morgan fingerprint density at radius 1 is 1.50 bits per heavy atom. The number of aromatic nitrogens is 2. The van der Waals surface area contributed by atoms with Crippen LogP contribution in [0.25, 0.3) is 11.7 Å². The second-order valence-electron chi connectivity index (χ2n) is 3.82. The van der Waals surface area contributed by atoms with Gasteiger partial charge in [-0.2, -0.15) is 4.98 Å². The van der Waals surface area contributed by atoms with E-state index in [4.69, 9.17) is 14.7 Å². The van der Waals surface area contributed by atoms with E-state index in [1.54, 1.807) is 6.26 Å². The summed E-state index contributed by atoms with van der Waals surface area (Å²) in [4.78, 5) is 4.25. The second-order valence-corrected chi connectivity index (χ2v) is 3.82. The Morgan fingerprint density at radius 2 is 2.31 bits per heavy atom. The van der Waals surface area contributed by atoms with Crippen LogP contribution in [0.15, 0.2) is 21.3 Å². The predicted octanol–water partition coefficient (Wildman–Crippen LogP) is 1.92. The molecule has 2 heterocycles. The van der Waals surface area contributed by atoms with Crippen LogP contribution in [0, 0.1) is 6.92 Å². The molecular formula is C11H15N3O2. The summed E-state index contributed by atoms with van der Waals surface area (Å²) < 4.78 is 10.4. The fourth-order valence-corrected chi connectivity index (χ4v) is 1.40. The molecule has 2 N–H and O–H groups in total. The van der Waals surface area contributed by atoms with Gasteiger partial charge in [-0.25, -0.2) is 0 Å². The molecule has 0 saturated carbocycles. The van der Waals surface area contributed by atoms with Crippen molar-refractivity contribution in [2.45, 2.75) is 32.7 Å². The topological polar surface area (TPSA) is 78.1 Å². The Balaban J connectivity index is 2.17. The Morgan fingerprint density at radius 3 is 2.94 bits per heavy atom. The number of nitrogens with two attached hydrogens (primary N) is 1. The molecule has 0 aliphatic heterocycles. The number of rotatable bonds is 4. The first kappa shape index (κ1) is 10.9. The van der Waals surface area contributed by atoms with E-state index in [2.05, 4.69) is 10.1 Å². The zero-order valence-corrected chi connectivity index (χ0v) is 9.43. The third-order valence-electron chi connectivity index (χ3n) is 2.49. The highest BCUT2D eigenvalue weighted by atomic mass is 16.5. The van der Waals surface area contributed by atoms with Gasteiger partial charge in [-0.05, 0) is 19.4 Å². The standard InChI is InChI=1S/C11H15N3O2/c1-3-8(12)6-9-13-11(16-14-9)10-7(2)4-5-15-10/h4-5,8H,3,6,12H2,1-2H3. The molecule has 0 saturated heterocycles. The van der Waals surface area contributed by atoms with Crippen LogP contribution in [0.3, 0.4) is 0 Å². The molecule has 0 radical (unpaired) electrons. The van der Waals surface area contributed by atoms with Crippen molar-refractivity contribution in [2.75, 3.05) is 0 Å². The number of furan rings is 1. The van der Waals surface area contributed by atoms with Crippen molar-refractivity contribution in [1.29, 1.82) is 0 Å². The first-order valence-corrected chi connectivity index (χ1v) is 5.33. The van der Waals surface area contributed by atoms with Gasteiger partial charge in [0.05, 0.1) is 6.26 Å². The van der Waals surface area contributed by atoms with Crippen LogP contribution in [0.4, 0.5) is 0 Å². The van der Waals surface area contributed by atoms with Crippen molar-refractivity contribution in [2.24, 2.45) is 5.73 Å². The minimum atomic E-state index is 0.0724. The van der Waals surface area contributed by atoms with E-state index in [0.717, 1.165) is 12.0 Å². The fourth-order valence-electron chi connectivity index (χ4n) is 1.40. The molecule has 1 unspecified atom stereocenters. The number of hydrogen-bond acceptors (Lipinski definition) is 5. The Bertz CT molecular complexity index is 461. The lowest BCUT2D eigenvalue weighted by molar-refractivity contribution is 0.406. The quantitative estimate of drug-likeness (QED) is 0.853. The lowest BCUT2D eigenvalue weighted by Crippen LogP contribution is -2.21. The summed E-state index contributed by atoms with van der Waals surface area (Å²) in [6.07, 6.45) is 3.12. The van der Waals surface area contributed by atoms with Crippen molar-refractivity contribution in [3.8, 4) is 11.7 Å². The van der Waals surface area contributed by atoms with Gasteiger partial charge in [0, 0.05) is 18.0 Å². The molecule has 0 aliphatic carbocycles. The van der Waals surface area contributed by atoms with Crippen molar-refractivity contribution < 1.29 is 8.94 Å². The molecule has 0 aromatic carbocycles. The maximum Gasteiger partial charge on any atom is 0.293 e. The highest BCUT2D eigenvalue weighted by Gasteiger charge is 2.15. The smallest absolute Gasteiger partial charge is 0.293 e. The molecule has 0 fully saturated rings. The summed E-state index contributed by atoms with van der Waals surface area (Å²) in [5.41, 5.74) is 6.80. The first-order valence-electron chi connectivity index (χ1n) is 5.33. The molecule has 5 heteroatoms. The van der Waals surface area contributed by atoms with Crippen LogP contribution in [-0.4, -0.2) is 16.2 Å². The van der Waals surface area contributed by atoms with Gasteiger partial charge in [-0.3, -0.25) is 0 Å². The summed E-state index contributed by atoms with van der Waals surface area (Å²) in [5, 5.41) is 3.88. The van der Waals surface area contributed by atoms with Crippen LogP contribution in [0.5, 0.6) is 0 Å². The average molecular weight is 221 g/mol. The van der Waals surface area contributed by atoms with Gasteiger partial charge in [0.2, 0.25) is 0 Å².